The molecule has 42 heavy (non-hydrogen) atoms. The second-order valence-corrected chi connectivity index (χ2v) is 10.1. The molecule has 0 amide bonds. The molecule has 3 aromatic carbocycles. The lowest BCUT2D eigenvalue weighted by Crippen LogP contribution is -2.15. The van der Waals surface area contributed by atoms with Crippen molar-refractivity contribution in [3.8, 4) is 28.7 Å². The smallest absolute Gasteiger partial charge is 0.426 e. The van der Waals surface area contributed by atoms with E-state index in [9.17, 15) is 28.6 Å². The van der Waals surface area contributed by atoms with Gasteiger partial charge in [0.15, 0.2) is 5.78 Å². The van der Waals surface area contributed by atoms with Gasteiger partial charge in [-0.25, -0.2) is 4.57 Å². The molecule has 11 nitrogen and oxygen atoms in total. The lowest BCUT2D eigenvalue weighted by molar-refractivity contribution is -0.134. The number of Topliss-reactive ketones (excluding diaryl/α,β-unsaturated/α-hetero) is 1. The number of rotatable bonds is 14. The number of para-hydroxylation sites is 1. The molecule has 0 spiro atoms. The maximum Gasteiger partial charge on any atom is 0.584 e. The summed E-state index contributed by atoms with van der Waals surface area (Å²) in [7, 11) is -4.45. The Morgan fingerprint density at radius 1 is 0.667 bits per heavy atom. The topological polar surface area (TPSA) is 152 Å². The Morgan fingerprint density at radius 3 is 1.64 bits per heavy atom. The SMILES string of the molecule is CCC(=O)Oc1cc(OC(=O)CC)c(C(=O)CCc2ccc(OP(=O)(O)Oc3ccccc3)cc2)c(OC(=O)CC)c1. The van der Waals surface area contributed by atoms with Gasteiger partial charge in [-0.2, -0.15) is 0 Å². The molecule has 0 fully saturated rings. The number of carbonyl (C=O) groups excluding carboxylic acids is 4. The van der Waals surface area contributed by atoms with E-state index >= 15 is 0 Å². The molecule has 0 radical (unpaired) electrons. The molecule has 3 rings (SSSR count). The minimum atomic E-state index is -4.45. The van der Waals surface area contributed by atoms with Gasteiger partial charge in [0, 0.05) is 37.8 Å². The van der Waals surface area contributed by atoms with Crippen molar-refractivity contribution in [1.82, 2.24) is 0 Å². The van der Waals surface area contributed by atoms with Crippen LogP contribution in [-0.4, -0.2) is 28.6 Å². The van der Waals surface area contributed by atoms with Crippen LogP contribution < -0.4 is 23.3 Å². The summed E-state index contributed by atoms with van der Waals surface area (Å²) < 4.78 is 38.4. The zero-order valence-corrected chi connectivity index (χ0v) is 24.3. The lowest BCUT2D eigenvalue weighted by Gasteiger charge is -2.16. The third kappa shape index (κ3) is 9.57. The standard InChI is InChI=1S/C30H31O11P/c1-4-27(32)37-23-18-25(38-28(33)5-2)30(26(19-23)39-29(34)6-3)24(31)17-14-20-12-15-22(16-13-20)41-42(35,36)40-21-10-8-7-9-11-21/h7-13,15-16,18-19H,4-6,14,17H2,1-3H3,(H,35,36). The highest BCUT2D eigenvalue weighted by molar-refractivity contribution is 7.48. The van der Waals surface area contributed by atoms with Crippen LogP contribution in [0.25, 0.3) is 0 Å². The molecule has 1 atom stereocenters. The van der Waals surface area contributed by atoms with Crippen molar-refractivity contribution in [3.05, 3.63) is 77.9 Å². The van der Waals surface area contributed by atoms with Crippen LogP contribution in [0.3, 0.4) is 0 Å². The van der Waals surface area contributed by atoms with Gasteiger partial charge in [0.1, 0.15) is 34.3 Å². The van der Waals surface area contributed by atoms with Crippen LogP contribution in [-0.2, 0) is 25.4 Å². The first kappa shape index (κ1) is 32.0. The normalized spacial score (nSPS) is 12.0. The van der Waals surface area contributed by atoms with Crippen LogP contribution in [0.15, 0.2) is 66.7 Å². The Labute approximate surface area is 242 Å². The fourth-order valence-corrected chi connectivity index (χ4v) is 4.33. The molecular weight excluding hydrogens is 567 g/mol. The van der Waals surface area contributed by atoms with Crippen LogP contribution in [0.5, 0.6) is 28.7 Å². The summed E-state index contributed by atoms with van der Waals surface area (Å²) in [4.78, 5) is 59.6. The summed E-state index contributed by atoms with van der Waals surface area (Å²) in [6, 6.07) is 16.6. The molecule has 222 valence electrons. The van der Waals surface area contributed by atoms with Gasteiger partial charge < -0.3 is 23.3 Å². The summed E-state index contributed by atoms with van der Waals surface area (Å²) >= 11 is 0. The van der Waals surface area contributed by atoms with E-state index in [1.807, 2.05) is 0 Å². The molecule has 0 aromatic heterocycles. The van der Waals surface area contributed by atoms with E-state index in [4.69, 9.17) is 23.3 Å². The number of aryl methyl sites for hydroxylation is 1. The van der Waals surface area contributed by atoms with Gasteiger partial charge in [0.05, 0.1) is 0 Å². The number of ether oxygens (including phenoxy) is 3. The van der Waals surface area contributed by atoms with Crippen LogP contribution >= 0.6 is 7.82 Å². The number of hydrogen-bond donors (Lipinski definition) is 1. The quantitative estimate of drug-likeness (QED) is 0.101. The summed E-state index contributed by atoms with van der Waals surface area (Å²) in [6.07, 6.45) is 0.196. The number of phosphoric ester groups is 1. The van der Waals surface area contributed by atoms with Crippen molar-refractivity contribution in [2.75, 3.05) is 0 Å². The average molecular weight is 599 g/mol. The molecular formula is C30H31O11P. The van der Waals surface area contributed by atoms with E-state index in [2.05, 4.69) is 0 Å². The van der Waals surface area contributed by atoms with Gasteiger partial charge >= 0.3 is 25.7 Å². The maximum atomic E-state index is 13.4. The van der Waals surface area contributed by atoms with Gasteiger partial charge in [0.25, 0.3) is 0 Å². The van der Waals surface area contributed by atoms with Gasteiger partial charge in [-0.1, -0.05) is 51.1 Å². The third-order valence-corrected chi connectivity index (χ3v) is 6.50. The Hall–Kier alpha value is -4.47. The Balaban J connectivity index is 1.80. The Bertz CT molecular complexity index is 1430. The highest BCUT2D eigenvalue weighted by atomic mass is 31.2. The number of carbonyl (C=O) groups is 4. The second-order valence-electron chi connectivity index (χ2n) is 8.81. The minimum absolute atomic E-state index is 0.00225. The van der Waals surface area contributed by atoms with E-state index in [0.29, 0.717) is 5.56 Å². The van der Waals surface area contributed by atoms with Crippen LogP contribution in [0.1, 0.15) is 62.4 Å². The van der Waals surface area contributed by atoms with E-state index < -0.39 is 31.5 Å². The fraction of sp³-hybridized carbons (Fsp3) is 0.267. The number of ketones is 1. The predicted molar refractivity (Wildman–Crippen MR) is 151 cm³/mol. The number of hydrogen-bond acceptors (Lipinski definition) is 10. The molecule has 0 saturated heterocycles. The molecule has 1 unspecified atom stereocenters. The van der Waals surface area contributed by atoms with Crippen molar-refractivity contribution in [3.63, 3.8) is 0 Å². The Morgan fingerprint density at radius 2 is 1.14 bits per heavy atom. The number of esters is 3. The average Bonchev–Trinajstić information content (AvgIpc) is 2.96. The van der Waals surface area contributed by atoms with Crippen molar-refractivity contribution in [2.24, 2.45) is 0 Å². The molecule has 1 N–H and O–H groups in total. The molecule has 0 aliphatic carbocycles. The predicted octanol–water partition coefficient (Wildman–Crippen LogP) is 6.01. The Kier molecular flexibility index (Phi) is 11.4. The van der Waals surface area contributed by atoms with E-state index in [1.54, 1.807) is 51.1 Å². The van der Waals surface area contributed by atoms with Gasteiger partial charge in [-0.3, -0.25) is 24.1 Å². The van der Waals surface area contributed by atoms with Crippen molar-refractivity contribution in [2.45, 2.75) is 52.9 Å². The summed E-state index contributed by atoms with van der Waals surface area (Å²) in [5, 5.41) is 0. The largest absolute Gasteiger partial charge is 0.584 e. The van der Waals surface area contributed by atoms with Crippen LogP contribution in [0.4, 0.5) is 0 Å². The monoisotopic (exact) mass is 598 g/mol. The number of phosphoric acid groups is 1. The van der Waals surface area contributed by atoms with Gasteiger partial charge in [-0.05, 0) is 36.2 Å². The molecule has 3 aromatic rings. The first-order valence-electron chi connectivity index (χ1n) is 13.2. The zero-order chi connectivity index (χ0) is 30.7. The lowest BCUT2D eigenvalue weighted by atomic mass is 10.0. The summed E-state index contributed by atoms with van der Waals surface area (Å²) in [6.45, 7) is 4.73. The van der Waals surface area contributed by atoms with Gasteiger partial charge in [-0.15, -0.1) is 0 Å². The van der Waals surface area contributed by atoms with Crippen LogP contribution in [0, 0.1) is 0 Å². The van der Waals surface area contributed by atoms with Crippen molar-refractivity contribution in [1.29, 1.82) is 0 Å². The maximum absolute atomic E-state index is 13.4. The first-order valence-corrected chi connectivity index (χ1v) is 14.7. The third-order valence-electron chi connectivity index (χ3n) is 5.61. The molecule has 0 bridgehead atoms. The zero-order valence-electron chi connectivity index (χ0n) is 23.4. The molecule has 0 aliphatic heterocycles. The van der Waals surface area contributed by atoms with E-state index in [-0.39, 0.29) is 66.4 Å². The van der Waals surface area contributed by atoms with E-state index in [0.717, 1.165) is 0 Å². The molecule has 0 saturated carbocycles. The fourth-order valence-electron chi connectivity index (χ4n) is 3.52. The van der Waals surface area contributed by atoms with Gasteiger partial charge in [0.2, 0.25) is 0 Å². The molecule has 0 heterocycles. The van der Waals surface area contributed by atoms with Crippen molar-refractivity contribution >= 4 is 31.5 Å². The van der Waals surface area contributed by atoms with Crippen LogP contribution in [0.2, 0.25) is 0 Å². The second kappa shape index (κ2) is 15.0. The summed E-state index contributed by atoms with van der Waals surface area (Å²) in [5.74, 6) is -2.59. The van der Waals surface area contributed by atoms with E-state index in [1.165, 1.54) is 36.4 Å². The first-order chi connectivity index (χ1) is 20.0. The molecule has 12 heteroatoms. The number of benzene rings is 3. The van der Waals surface area contributed by atoms with Crippen molar-refractivity contribution < 1.29 is 51.9 Å². The highest BCUT2D eigenvalue weighted by Gasteiger charge is 2.26. The molecule has 0 aliphatic rings. The minimum Gasteiger partial charge on any atom is -0.426 e. The highest BCUT2D eigenvalue weighted by Crippen LogP contribution is 2.44. The summed E-state index contributed by atoms with van der Waals surface area (Å²) in [5.41, 5.74) is 0.536.